The molecule has 0 saturated heterocycles. The number of rotatable bonds is 3. The van der Waals surface area contributed by atoms with Crippen LogP contribution in [0.1, 0.15) is 10.4 Å². The second-order valence-corrected chi connectivity index (χ2v) is 3.73. The number of aromatic nitrogens is 6. The third kappa shape index (κ3) is 2.32. The van der Waals surface area contributed by atoms with E-state index in [4.69, 9.17) is 0 Å². The van der Waals surface area contributed by atoms with Crippen LogP contribution in [-0.4, -0.2) is 36.3 Å². The largest absolute Gasteiger partial charge is 0.307 e. The molecule has 0 fully saturated rings. The van der Waals surface area contributed by atoms with E-state index in [1.165, 1.54) is 11.0 Å². The molecule has 8 nitrogen and oxygen atoms in total. The van der Waals surface area contributed by atoms with Crippen LogP contribution in [0.15, 0.2) is 42.9 Å². The molecule has 0 spiro atoms. The highest BCUT2D eigenvalue weighted by atomic mass is 16.1. The summed E-state index contributed by atoms with van der Waals surface area (Å²) >= 11 is 0. The normalized spacial score (nSPS) is 10.3. The molecule has 0 bridgehead atoms. The summed E-state index contributed by atoms with van der Waals surface area (Å²) in [5.74, 6) is 0.335. The Labute approximate surface area is 107 Å². The predicted molar refractivity (Wildman–Crippen MR) is 65.7 cm³/mol. The molecule has 8 heteroatoms. The fourth-order valence-corrected chi connectivity index (χ4v) is 1.57. The fraction of sp³-hybridized carbons (Fsp3) is 0. The molecule has 0 atom stereocenters. The van der Waals surface area contributed by atoms with Gasteiger partial charge in [-0.2, -0.15) is 5.10 Å². The van der Waals surface area contributed by atoms with E-state index in [0.29, 0.717) is 11.4 Å². The van der Waals surface area contributed by atoms with Crippen molar-refractivity contribution in [3.8, 4) is 5.69 Å². The minimum absolute atomic E-state index is 0.215. The van der Waals surface area contributed by atoms with Crippen molar-refractivity contribution in [1.82, 2.24) is 30.4 Å². The van der Waals surface area contributed by atoms with E-state index < -0.39 is 0 Å². The van der Waals surface area contributed by atoms with Gasteiger partial charge in [0.2, 0.25) is 0 Å². The molecule has 19 heavy (non-hydrogen) atoms. The predicted octanol–water partition coefficient (Wildman–Crippen LogP) is 0.638. The highest BCUT2D eigenvalue weighted by Gasteiger charge is 2.07. The molecule has 3 rings (SSSR count). The number of anilines is 1. The van der Waals surface area contributed by atoms with Crippen molar-refractivity contribution in [1.29, 1.82) is 0 Å². The van der Waals surface area contributed by atoms with Crippen molar-refractivity contribution in [2.75, 3.05) is 5.32 Å². The molecule has 0 aliphatic carbocycles. The maximum Gasteiger partial charge on any atom is 0.256 e. The van der Waals surface area contributed by atoms with E-state index in [2.05, 4.69) is 31.0 Å². The van der Waals surface area contributed by atoms with Crippen LogP contribution in [0.25, 0.3) is 5.69 Å². The van der Waals surface area contributed by atoms with Crippen LogP contribution in [0.4, 0.5) is 5.82 Å². The number of benzene rings is 1. The van der Waals surface area contributed by atoms with Gasteiger partial charge in [0.25, 0.3) is 5.91 Å². The van der Waals surface area contributed by atoms with Gasteiger partial charge in [0.15, 0.2) is 0 Å². The van der Waals surface area contributed by atoms with Gasteiger partial charge in [-0.25, -0.2) is 4.68 Å². The highest BCUT2D eigenvalue weighted by Crippen LogP contribution is 2.09. The number of hydrogen-bond acceptors (Lipinski definition) is 5. The Balaban J connectivity index is 1.77. The molecule has 2 N–H and O–H groups in total. The average molecular weight is 255 g/mol. The van der Waals surface area contributed by atoms with E-state index in [9.17, 15) is 4.79 Å². The van der Waals surface area contributed by atoms with Crippen LogP contribution in [0.2, 0.25) is 0 Å². The second-order valence-electron chi connectivity index (χ2n) is 3.73. The number of aromatic amines is 1. The van der Waals surface area contributed by atoms with Gasteiger partial charge >= 0.3 is 0 Å². The summed E-state index contributed by atoms with van der Waals surface area (Å²) in [4.78, 5) is 11.9. The smallest absolute Gasteiger partial charge is 0.256 e. The molecule has 0 unspecified atom stereocenters. The van der Waals surface area contributed by atoms with Crippen molar-refractivity contribution < 1.29 is 4.79 Å². The zero-order chi connectivity index (χ0) is 13.1. The Morgan fingerprint density at radius 1 is 1.21 bits per heavy atom. The summed E-state index contributed by atoms with van der Waals surface area (Å²) < 4.78 is 1.51. The fourth-order valence-electron chi connectivity index (χ4n) is 1.57. The quantitative estimate of drug-likeness (QED) is 0.715. The first kappa shape index (κ1) is 11.1. The molecule has 1 aromatic carbocycles. The zero-order valence-corrected chi connectivity index (χ0v) is 9.69. The Hall–Kier alpha value is -3.03. The minimum Gasteiger partial charge on any atom is -0.307 e. The van der Waals surface area contributed by atoms with Gasteiger partial charge in [-0.3, -0.25) is 9.89 Å². The van der Waals surface area contributed by atoms with Crippen molar-refractivity contribution in [2.45, 2.75) is 0 Å². The van der Waals surface area contributed by atoms with Gasteiger partial charge in [-0.1, -0.05) is 0 Å². The van der Waals surface area contributed by atoms with Gasteiger partial charge in [-0.15, -0.1) is 5.10 Å². The van der Waals surface area contributed by atoms with Crippen LogP contribution >= 0.6 is 0 Å². The Kier molecular flexibility index (Phi) is 2.73. The summed E-state index contributed by atoms with van der Waals surface area (Å²) in [6.45, 7) is 0. The van der Waals surface area contributed by atoms with Crippen molar-refractivity contribution in [3.05, 3.63) is 48.4 Å². The molecule has 2 aromatic heterocycles. The summed E-state index contributed by atoms with van der Waals surface area (Å²) in [6, 6.07) is 8.59. The van der Waals surface area contributed by atoms with E-state index in [0.717, 1.165) is 5.69 Å². The summed E-state index contributed by atoms with van der Waals surface area (Å²) in [7, 11) is 0. The minimum atomic E-state index is -0.215. The number of carbonyl (C=O) groups excluding carboxylic acids is 1. The molecule has 0 saturated carbocycles. The van der Waals surface area contributed by atoms with Crippen molar-refractivity contribution >= 4 is 11.7 Å². The summed E-state index contributed by atoms with van der Waals surface area (Å²) in [6.07, 6.45) is 3.05. The number of nitrogens with zero attached hydrogens (tertiary/aromatic N) is 5. The van der Waals surface area contributed by atoms with Gasteiger partial charge in [0.1, 0.15) is 12.1 Å². The number of tetrazole rings is 1. The van der Waals surface area contributed by atoms with Crippen LogP contribution in [-0.2, 0) is 0 Å². The maximum absolute atomic E-state index is 11.9. The lowest BCUT2D eigenvalue weighted by molar-refractivity contribution is 0.102. The SMILES string of the molecule is O=C(Nc1ccn[nH]1)c1ccc(-n2cnnn2)cc1. The average Bonchev–Trinajstić information content (AvgIpc) is 3.12. The van der Waals surface area contributed by atoms with Crippen LogP contribution in [0.3, 0.4) is 0 Å². The molecule has 3 aromatic rings. The number of hydrogen-bond donors (Lipinski definition) is 2. The first-order chi connectivity index (χ1) is 9.33. The van der Waals surface area contributed by atoms with Gasteiger partial charge in [0.05, 0.1) is 11.9 Å². The molecule has 0 aliphatic heterocycles. The zero-order valence-electron chi connectivity index (χ0n) is 9.69. The Morgan fingerprint density at radius 2 is 2.05 bits per heavy atom. The maximum atomic E-state index is 11.9. The lowest BCUT2D eigenvalue weighted by Gasteiger charge is -2.03. The molecule has 0 aliphatic rings. The molecular weight excluding hydrogens is 246 g/mol. The topological polar surface area (TPSA) is 101 Å². The van der Waals surface area contributed by atoms with E-state index in [-0.39, 0.29) is 5.91 Å². The third-order valence-corrected chi connectivity index (χ3v) is 2.49. The standard InChI is InChI=1S/C11H9N7O/c19-11(14-10-5-6-12-15-10)8-1-3-9(4-2-8)18-7-13-16-17-18/h1-7H,(H2,12,14,15,19). The van der Waals surface area contributed by atoms with Crippen LogP contribution < -0.4 is 5.32 Å². The second kappa shape index (κ2) is 4.69. The number of carbonyl (C=O) groups is 1. The lowest BCUT2D eigenvalue weighted by Crippen LogP contribution is -2.12. The van der Waals surface area contributed by atoms with Gasteiger partial charge < -0.3 is 5.32 Å². The molecular formula is C11H9N7O. The first-order valence-corrected chi connectivity index (χ1v) is 5.47. The number of H-pyrrole nitrogens is 1. The molecule has 2 heterocycles. The summed E-state index contributed by atoms with van der Waals surface area (Å²) in [5.41, 5.74) is 1.31. The van der Waals surface area contributed by atoms with Crippen LogP contribution in [0.5, 0.6) is 0 Å². The van der Waals surface area contributed by atoms with E-state index in [1.807, 2.05) is 0 Å². The van der Waals surface area contributed by atoms with Crippen molar-refractivity contribution in [3.63, 3.8) is 0 Å². The lowest BCUT2D eigenvalue weighted by atomic mass is 10.2. The Bertz CT molecular complexity index is 658. The first-order valence-electron chi connectivity index (χ1n) is 5.47. The molecule has 0 radical (unpaired) electrons. The van der Waals surface area contributed by atoms with Gasteiger partial charge in [-0.05, 0) is 34.7 Å². The van der Waals surface area contributed by atoms with E-state index in [1.54, 1.807) is 36.5 Å². The third-order valence-electron chi connectivity index (χ3n) is 2.49. The number of nitrogens with one attached hydrogen (secondary N) is 2. The summed E-state index contributed by atoms with van der Waals surface area (Å²) in [5, 5.41) is 20.0. The molecule has 94 valence electrons. The van der Waals surface area contributed by atoms with Gasteiger partial charge in [0, 0.05) is 11.6 Å². The van der Waals surface area contributed by atoms with Crippen LogP contribution in [0, 0.1) is 0 Å². The number of amides is 1. The molecule has 1 amide bonds. The van der Waals surface area contributed by atoms with E-state index >= 15 is 0 Å². The van der Waals surface area contributed by atoms with Crippen molar-refractivity contribution in [2.24, 2.45) is 0 Å². The highest BCUT2D eigenvalue weighted by molar-refractivity contribution is 6.03. The monoisotopic (exact) mass is 255 g/mol. The Morgan fingerprint density at radius 3 is 2.68 bits per heavy atom.